The Bertz CT molecular complexity index is 829. The van der Waals surface area contributed by atoms with Crippen molar-refractivity contribution in [3.8, 4) is 11.5 Å². The molecule has 2 N–H and O–H groups in total. The summed E-state index contributed by atoms with van der Waals surface area (Å²) in [6, 6.07) is 16.5. The molecule has 2 aliphatic rings. The van der Waals surface area contributed by atoms with E-state index in [9.17, 15) is 0 Å². The minimum Gasteiger partial charge on any atom is -0.495 e. The minimum atomic E-state index is 0.151. The van der Waals surface area contributed by atoms with Crippen LogP contribution in [0, 0.1) is 5.92 Å². The Balaban J connectivity index is 1.22. The summed E-state index contributed by atoms with van der Waals surface area (Å²) in [4.78, 5) is 6.78. The number of aliphatic imine (C=N–C) groups is 1. The number of anilines is 1. The van der Waals surface area contributed by atoms with Crippen LogP contribution in [0.3, 0.4) is 0 Å². The highest BCUT2D eigenvalue weighted by Gasteiger charge is 2.25. The van der Waals surface area contributed by atoms with Crippen LogP contribution in [0.2, 0.25) is 0 Å². The van der Waals surface area contributed by atoms with E-state index in [2.05, 4.69) is 44.8 Å². The van der Waals surface area contributed by atoms with Crippen molar-refractivity contribution < 1.29 is 9.47 Å². The van der Waals surface area contributed by atoms with E-state index in [1.165, 1.54) is 11.3 Å². The summed E-state index contributed by atoms with van der Waals surface area (Å²) in [5, 5.41) is 6.89. The van der Waals surface area contributed by atoms with Crippen molar-refractivity contribution in [1.29, 1.82) is 0 Å². The number of methoxy groups -OCH3 is 1. The fourth-order valence-electron chi connectivity index (χ4n) is 4.15. The normalized spacial score (nSPS) is 20.9. The van der Waals surface area contributed by atoms with Crippen LogP contribution in [-0.4, -0.2) is 52.4 Å². The van der Waals surface area contributed by atoms with Crippen LogP contribution >= 0.6 is 0 Å². The van der Waals surface area contributed by atoms with Crippen molar-refractivity contribution in [2.24, 2.45) is 10.9 Å². The van der Waals surface area contributed by atoms with Gasteiger partial charge in [0.25, 0.3) is 0 Å². The second-order valence-electron chi connectivity index (χ2n) is 7.66. The molecular formula is C23H30N4O2. The molecule has 2 heterocycles. The van der Waals surface area contributed by atoms with Gasteiger partial charge in [0.1, 0.15) is 17.6 Å². The molecule has 2 aliphatic heterocycles. The zero-order valence-corrected chi connectivity index (χ0v) is 17.2. The first kappa shape index (κ1) is 19.4. The molecule has 1 saturated heterocycles. The molecule has 6 nitrogen and oxygen atoms in total. The van der Waals surface area contributed by atoms with Crippen molar-refractivity contribution in [2.75, 3.05) is 45.2 Å². The number of guanidine groups is 1. The second-order valence-corrected chi connectivity index (χ2v) is 7.66. The molecular weight excluding hydrogens is 364 g/mol. The van der Waals surface area contributed by atoms with Gasteiger partial charge in [-0.05, 0) is 36.1 Å². The third-order valence-corrected chi connectivity index (χ3v) is 5.70. The lowest BCUT2D eigenvalue weighted by molar-refractivity contribution is 0.235. The quantitative estimate of drug-likeness (QED) is 0.583. The highest BCUT2D eigenvalue weighted by Crippen LogP contribution is 2.31. The number of ether oxygens (including phenoxy) is 2. The largest absolute Gasteiger partial charge is 0.495 e. The number of fused-ring (bicyclic) bond motifs is 1. The van der Waals surface area contributed by atoms with Gasteiger partial charge >= 0.3 is 0 Å². The highest BCUT2D eigenvalue weighted by atomic mass is 16.5. The van der Waals surface area contributed by atoms with Gasteiger partial charge in [-0.1, -0.05) is 30.3 Å². The minimum absolute atomic E-state index is 0.151. The summed E-state index contributed by atoms with van der Waals surface area (Å²) >= 11 is 0. The number of benzene rings is 2. The van der Waals surface area contributed by atoms with E-state index >= 15 is 0 Å². The van der Waals surface area contributed by atoms with Gasteiger partial charge in [-0.2, -0.15) is 0 Å². The Kier molecular flexibility index (Phi) is 6.08. The van der Waals surface area contributed by atoms with Gasteiger partial charge in [-0.3, -0.25) is 4.99 Å². The summed E-state index contributed by atoms with van der Waals surface area (Å²) in [6.07, 6.45) is 2.25. The van der Waals surface area contributed by atoms with Gasteiger partial charge in [-0.15, -0.1) is 0 Å². The first-order chi connectivity index (χ1) is 14.3. The lowest BCUT2D eigenvalue weighted by Gasteiger charge is -2.21. The van der Waals surface area contributed by atoms with Crippen molar-refractivity contribution >= 4 is 11.6 Å². The van der Waals surface area contributed by atoms with E-state index in [4.69, 9.17) is 9.47 Å². The molecule has 0 saturated carbocycles. The monoisotopic (exact) mass is 394 g/mol. The van der Waals surface area contributed by atoms with E-state index in [0.717, 1.165) is 56.5 Å². The first-order valence-electron chi connectivity index (χ1n) is 10.3. The van der Waals surface area contributed by atoms with Crippen LogP contribution in [0.1, 0.15) is 12.0 Å². The Morgan fingerprint density at radius 2 is 1.93 bits per heavy atom. The fraction of sp³-hybridized carbons (Fsp3) is 0.435. The summed E-state index contributed by atoms with van der Waals surface area (Å²) in [7, 11) is 3.55. The van der Waals surface area contributed by atoms with E-state index in [-0.39, 0.29) is 6.10 Å². The van der Waals surface area contributed by atoms with Gasteiger partial charge < -0.3 is 25.0 Å². The predicted octanol–water partition coefficient (Wildman–Crippen LogP) is 2.69. The molecule has 0 aromatic heterocycles. The summed E-state index contributed by atoms with van der Waals surface area (Å²) in [5.74, 6) is 3.35. The average Bonchev–Trinajstić information content (AvgIpc) is 3.40. The Morgan fingerprint density at radius 1 is 1.14 bits per heavy atom. The van der Waals surface area contributed by atoms with Gasteiger partial charge in [0.05, 0.1) is 19.3 Å². The van der Waals surface area contributed by atoms with E-state index in [1.807, 2.05) is 31.3 Å². The van der Waals surface area contributed by atoms with E-state index < -0.39 is 0 Å². The zero-order chi connectivity index (χ0) is 20.1. The number of para-hydroxylation sites is 3. The molecule has 4 rings (SSSR count). The Morgan fingerprint density at radius 3 is 2.76 bits per heavy atom. The number of hydrogen-bond donors (Lipinski definition) is 2. The van der Waals surface area contributed by atoms with Gasteiger partial charge in [-0.25, -0.2) is 0 Å². The summed E-state index contributed by atoms with van der Waals surface area (Å²) < 4.78 is 11.5. The number of rotatable bonds is 6. The van der Waals surface area contributed by atoms with Crippen molar-refractivity contribution in [3.63, 3.8) is 0 Å². The molecule has 2 aromatic rings. The number of nitrogens with zero attached hydrogens (tertiary/aromatic N) is 2. The van der Waals surface area contributed by atoms with Gasteiger partial charge in [0, 0.05) is 33.1 Å². The molecule has 0 amide bonds. The first-order valence-corrected chi connectivity index (χ1v) is 10.3. The number of nitrogens with one attached hydrogen (secondary N) is 2. The zero-order valence-electron chi connectivity index (χ0n) is 17.2. The topological polar surface area (TPSA) is 58.1 Å². The van der Waals surface area contributed by atoms with Crippen LogP contribution in [-0.2, 0) is 6.42 Å². The predicted molar refractivity (Wildman–Crippen MR) is 117 cm³/mol. The third-order valence-electron chi connectivity index (χ3n) is 5.70. The molecule has 2 aromatic carbocycles. The standard InChI is InChI=1S/C23H30N4O2/c1-24-23(26-15-19-13-18-7-3-5-9-21(18)29-19)25-14-17-11-12-27(16-17)20-8-4-6-10-22(20)28-2/h3-10,17,19H,11-16H2,1-2H3,(H2,24,25,26). The van der Waals surface area contributed by atoms with Crippen molar-refractivity contribution in [2.45, 2.75) is 18.9 Å². The SMILES string of the molecule is CN=C(NCC1CCN(c2ccccc2OC)C1)NCC1Cc2ccccc2O1. The van der Waals surface area contributed by atoms with Crippen LogP contribution in [0.5, 0.6) is 11.5 Å². The van der Waals surface area contributed by atoms with Crippen LogP contribution < -0.4 is 25.0 Å². The number of hydrogen-bond acceptors (Lipinski definition) is 4. The average molecular weight is 395 g/mol. The molecule has 0 aliphatic carbocycles. The lowest BCUT2D eigenvalue weighted by atomic mass is 10.1. The van der Waals surface area contributed by atoms with Gasteiger partial charge in [0.15, 0.2) is 5.96 Å². The maximum atomic E-state index is 6.00. The summed E-state index contributed by atoms with van der Waals surface area (Å²) in [6.45, 7) is 3.71. The molecule has 1 fully saturated rings. The van der Waals surface area contributed by atoms with E-state index in [0.29, 0.717) is 5.92 Å². The van der Waals surface area contributed by atoms with E-state index in [1.54, 1.807) is 7.11 Å². The smallest absolute Gasteiger partial charge is 0.191 e. The molecule has 0 spiro atoms. The van der Waals surface area contributed by atoms with Crippen molar-refractivity contribution in [3.05, 3.63) is 54.1 Å². The van der Waals surface area contributed by atoms with Crippen LogP contribution in [0.4, 0.5) is 5.69 Å². The lowest BCUT2D eigenvalue weighted by Crippen LogP contribution is -2.44. The van der Waals surface area contributed by atoms with Crippen molar-refractivity contribution in [1.82, 2.24) is 10.6 Å². The second kappa shape index (κ2) is 9.07. The molecule has 29 heavy (non-hydrogen) atoms. The molecule has 2 atom stereocenters. The molecule has 0 bridgehead atoms. The molecule has 6 heteroatoms. The maximum Gasteiger partial charge on any atom is 0.191 e. The molecule has 0 radical (unpaired) electrons. The Labute approximate surface area is 172 Å². The van der Waals surface area contributed by atoms with Crippen LogP contribution in [0.25, 0.3) is 0 Å². The highest BCUT2D eigenvalue weighted by molar-refractivity contribution is 5.79. The van der Waals surface area contributed by atoms with Crippen LogP contribution in [0.15, 0.2) is 53.5 Å². The molecule has 2 unspecified atom stereocenters. The maximum absolute atomic E-state index is 6.00. The van der Waals surface area contributed by atoms with Gasteiger partial charge in [0.2, 0.25) is 0 Å². The fourth-order valence-corrected chi connectivity index (χ4v) is 4.15. The third kappa shape index (κ3) is 4.58. The summed E-state index contributed by atoms with van der Waals surface area (Å²) in [5.41, 5.74) is 2.46. The Hall–Kier alpha value is -2.89. The molecule has 154 valence electrons.